The second kappa shape index (κ2) is 6.61. The molecule has 7 heteroatoms. The van der Waals surface area contributed by atoms with Crippen molar-refractivity contribution in [2.45, 2.75) is 19.5 Å². The molecular formula is C19H18N4O3. The number of aryl methyl sites for hydroxylation is 1. The summed E-state index contributed by atoms with van der Waals surface area (Å²) in [6, 6.07) is 11.0. The zero-order valence-corrected chi connectivity index (χ0v) is 14.1. The van der Waals surface area contributed by atoms with Gasteiger partial charge in [0.15, 0.2) is 0 Å². The molecule has 0 radical (unpaired) electrons. The van der Waals surface area contributed by atoms with Crippen LogP contribution in [0, 0.1) is 0 Å². The van der Waals surface area contributed by atoms with Gasteiger partial charge in [-0.1, -0.05) is 18.2 Å². The second-order valence-electron chi connectivity index (χ2n) is 6.31. The average Bonchev–Trinajstić information content (AvgIpc) is 2.98. The van der Waals surface area contributed by atoms with E-state index in [1.165, 1.54) is 0 Å². The fourth-order valence-corrected chi connectivity index (χ4v) is 3.42. The van der Waals surface area contributed by atoms with Gasteiger partial charge < -0.3 is 9.47 Å². The zero-order valence-electron chi connectivity index (χ0n) is 14.1. The van der Waals surface area contributed by atoms with Crippen molar-refractivity contribution >= 4 is 22.7 Å². The van der Waals surface area contributed by atoms with E-state index in [0.29, 0.717) is 24.2 Å². The van der Waals surface area contributed by atoms with Crippen LogP contribution >= 0.6 is 0 Å². The quantitative estimate of drug-likeness (QED) is 0.548. The molecule has 7 nitrogen and oxygen atoms in total. The number of hydrogen-bond acceptors (Lipinski definition) is 4. The Morgan fingerprint density at radius 1 is 1.15 bits per heavy atom. The van der Waals surface area contributed by atoms with E-state index in [0.717, 1.165) is 29.6 Å². The molecule has 1 aromatic carbocycles. The summed E-state index contributed by atoms with van der Waals surface area (Å²) in [4.78, 5) is 30.9. The molecule has 2 N–H and O–H groups in total. The lowest BCUT2D eigenvalue weighted by Gasteiger charge is -2.21. The number of amides is 2. The van der Waals surface area contributed by atoms with E-state index in [4.69, 9.17) is 5.21 Å². The van der Waals surface area contributed by atoms with Crippen molar-refractivity contribution < 1.29 is 14.8 Å². The van der Waals surface area contributed by atoms with Crippen LogP contribution in [0.2, 0.25) is 0 Å². The maximum Gasteiger partial charge on any atom is 0.276 e. The Kier molecular flexibility index (Phi) is 4.14. The number of aromatic nitrogens is 2. The SMILES string of the molecule is O=C(NO)c1cc2n(c1)CCCN(C(=O)c1ccnc3ccccc13)C2. The molecule has 2 amide bonds. The monoisotopic (exact) mass is 350 g/mol. The molecule has 0 saturated carbocycles. The van der Waals surface area contributed by atoms with Crippen LogP contribution in [0.1, 0.15) is 32.8 Å². The third-order valence-electron chi connectivity index (χ3n) is 4.70. The van der Waals surface area contributed by atoms with Gasteiger partial charge in [0.25, 0.3) is 11.8 Å². The molecule has 1 aliphatic rings. The summed E-state index contributed by atoms with van der Waals surface area (Å²) >= 11 is 0. The Balaban J connectivity index is 1.66. The Morgan fingerprint density at radius 3 is 2.85 bits per heavy atom. The number of para-hydroxylation sites is 1. The maximum absolute atomic E-state index is 13.1. The molecule has 1 aliphatic heterocycles. The van der Waals surface area contributed by atoms with Crippen molar-refractivity contribution in [2.24, 2.45) is 0 Å². The van der Waals surface area contributed by atoms with Crippen LogP contribution in [-0.4, -0.2) is 38.0 Å². The van der Waals surface area contributed by atoms with Gasteiger partial charge in [-0.05, 0) is 24.6 Å². The topological polar surface area (TPSA) is 87.5 Å². The number of hydroxylamine groups is 1. The lowest BCUT2D eigenvalue weighted by Crippen LogP contribution is -2.31. The minimum atomic E-state index is -0.552. The van der Waals surface area contributed by atoms with Crippen molar-refractivity contribution in [1.82, 2.24) is 19.9 Å². The van der Waals surface area contributed by atoms with Gasteiger partial charge in [-0.15, -0.1) is 0 Å². The number of nitrogens with zero attached hydrogens (tertiary/aromatic N) is 3. The van der Waals surface area contributed by atoms with Crippen LogP contribution in [0.4, 0.5) is 0 Å². The van der Waals surface area contributed by atoms with Crippen molar-refractivity contribution in [3.05, 3.63) is 65.6 Å². The smallest absolute Gasteiger partial charge is 0.276 e. The zero-order chi connectivity index (χ0) is 18.1. The number of carbonyl (C=O) groups excluding carboxylic acids is 2. The van der Waals surface area contributed by atoms with E-state index in [1.54, 1.807) is 34.9 Å². The summed E-state index contributed by atoms with van der Waals surface area (Å²) in [7, 11) is 0. The lowest BCUT2D eigenvalue weighted by atomic mass is 10.1. The van der Waals surface area contributed by atoms with Gasteiger partial charge in [-0.2, -0.15) is 0 Å². The highest BCUT2D eigenvalue weighted by molar-refractivity contribution is 6.06. The van der Waals surface area contributed by atoms with Gasteiger partial charge in [0.2, 0.25) is 0 Å². The Labute approximate surface area is 149 Å². The Bertz CT molecular complexity index is 990. The fraction of sp³-hybridized carbons (Fsp3) is 0.211. The van der Waals surface area contributed by atoms with Gasteiger partial charge in [0.05, 0.1) is 23.2 Å². The number of hydrogen-bond donors (Lipinski definition) is 2. The van der Waals surface area contributed by atoms with E-state index < -0.39 is 5.91 Å². The standard InChI is InChI=1S/C19H18N4O3/c24-18(21-26)13-10-14-12-23(9-3-8-22(14)11-13)19(25)16-6-7-20-17-5-2-1-4-15(16)17/h1-2,4-7,10-11,26H,3,8-9,12H2,(H,21,24). The Hall–Kier alpha value is -3.19. The van der Waals surface area contributed by atoms with E-state index in [9.17, 15) is 9.59 Å². The largest absolute Gasteiger partial charge is 0.349 e. The Morgan fingerprint density at radius 2 is 2.00 bits per heavy atom. The summed E-state index contributed by atoms with van der Waals surface area (Å²) in [5.41, 5.74) is 4.31. The highest BCUT2D eigenvalue weighted by atomic mass is 16.5. The van der Waals surface area contributed by atoms with Gasteiger partial charge >= 0.3 is 0 Å². The molecule has 3 aromatic rings. The van der Waals surface area contributed by atoms with Gasteiger partial charge in [0, 0.05) is 36.6 Å². The van der Waals surface area contributed by atoms with Gasteiger partial charge in [0.1, 0.15) is 0 Å². The number of fused-ring (bicyclic) bond motifs is 2. The molecule has 0 bridgehead atoms. The molecule has 2 aromatic heterocycles. The van der Waals surface area contributed by atoms with Crippen molar-refractivity contribution in [2.75, 3.05) is 6.54 Å². The highest BCUT2D eigenvalue weighted by Crippen LogP contribution is 2.22. The van der Waals surface area contributed by atoms with E-state index in [-0.39, 0.29) is 5.91 Å². The van der Waals surface area contributed by atoms with Crippen molar-refractivity contribution in [3.63, 3.8) is 0 Å². The summed E-state index contributed by atoms with van der Waals surface area (Å²) < 4.78 is 1.96. The molecular weight excluding hydrogens is 332 g/mol. The van der Waals surface area contributed by atoms with Crippen LogP contribution in [0.25, 0.3) is 10.9 Å². The third kappa shape index (κ3) is 2.82. The highest BCUT2D eigenvalue weighted by Gasteiger charge is 2.23. The predicted octanol–water partition coefficient (Wildman–Crippen LogP) is 2.20. The predicted molar refractivity (Wildman–Crippen MR) is 94.8 cm³/mol. The number of rotatable bonds is 2. The lowest BCUT2D eigenvalue weighted by molar-refractivity contribution is 0.0706. The first-order valence-corrected chi connectivity index (χ1v) is 8.44. The summed E-state index contributed by atoms with van der Waals surface area (Å²) in [5.74, 6) is -0.602. The molecule has 0 spiro atoms. The minimum Gasteiger partial charge on any atom is -0.349 e. The number of carbonyl (C=O) groups is 2. The van der Waals surface area contributed by atoms with Gasteiger partial charge in [-0.25, -0.2) is 5.48 Å². The van der Waals surface area contributed by atoms with Crippen LogP contribution in [0.15, 0.2) is 48.8 Å². The maximum atomic E-state index is 13.1. The summed E-state index contributed by atoms with van der Waals surface area (Å²) in [6.45, 7) is 1.77. The molecule has 0 fully saturated rings. The first-order chi connectivity index (χ1) is 12.7. The van der Waals surface area contributed by atoms with Crippen molar-refractivity contribution in [1.29, 1.82) is 0 Å². The third-order valence-corrected chi connectivity index (χ3v) is 4.70. The number of pyridine rings is 1. The van der Waals surface area contributed by atoms with E-state index in [1.807, 2.05) is 28.8 Å². The summed E-state index contributed by atoms with van der Waals surface area (Å²) in [5, 5.41) is 9.65. The molecule has 0 atom stereocenters. The first-order valence-electron chi connectivity index (χ1n) is 8.44. The van der Waals surface area contributed by atoms with Crippen LogP contribution in [0.5, 0.6) is 0 Å². The van der Waals surface area contributed by atoms with Crippen LogP contribution in [-0.2, 0) is 13.1 Å². The van der Waals surface area contributed by atoms with Crippen molar-refractivity contribution in [3.8, 4) is 0 Å². The molecule has 132 valence electrons. The molecule has 4 rings (SSSR count). The molecule has 0 saturated heterocycles. The second-order valence-corrected chi connectivity index (χ2v) is 6.31. The first kappa shape index (κ1) is 16.3. The number of benzene rings is 1. The fourth-order valence-electron chi connectivity index (χ4n) is 3.42. The molecule has 3 heterocycles. The number of nitrogens with one attached hydrogen (secondary N) is 1. The van der Waals surface area contributed by atoms with Crippen LogP contribution < -0.4 is 5.48 Å². The molecule has 0 aliphatic carbocycles. The average molecular weight is 350 g/mol. The van der Waals surface area contributed by atoms with E-state index >= 15 is 0 Å². The molecule has 26 heavy (non-hydrogen) atoms. The van der Waals surface area contributed by atoms with Gasteiger partial charge in [-0.3, -0.25) is 19.8 Å². The molecule has 0 unspecified atom stereocenters. The summed E-state index contributed by atoms with van der Waals surface area (Å²) in [6.07, 6.45) is 4.15. The van der Waals surface area contributed by atoms with E-state index in [2.05, 4.69) is 4.98 Å². The van der Waals surface area contributed by atoms with Crippen LogP contribution in [0.3, 0.4) is 0 Å². The minimum absolute atomic E-state index is 0.0496. The normalized spacial score (nSPS) is 14.0.